The molecule has 0 saturated carbocycles. The van der Waals surface area contributed by atoms with Crippen LogP contribution in [0.4, 0.5) is 4.79 Å². The van der Waals surface area contributed by atoms with Crippen LogP contribution in [0, 0.1) is 0 Å². The number of sulfonamides is 1. The second-order valence-electron chi connectivity index (χ2n) is 8.84. The topological polar surface area (TPSA) is 102 Å². The summed E-state index contributed by atoms with van der Waals surface area (Å²) in [6, 6.07) is 24.4. The average molecular weight is 535 g/mol. The van der Waals surface area contributed by atoms with Gasteiger partial charge in [0.25, 0.3) is 0 Å². The molecular weight excluding hydrogens is 504 g/mol. The second-order valence-corrected chi connectivity index (χ2v) is 10.7. The van der Waals surface area contributed by atoms with Crippen LogP contribution in [0.2, 0.25) is 0 Å². The number of nitrogens with zero attached hydrogens (tertiary/aromatic N) is 1. The van der Waals surface area contributed by atoms with E-state index in [9.17, 15) is 18.0 Å². The van der Waals surface area contributed by atoms with Gasteiger partial charge in [-0.1, -0.05) is 72.8 Å². The Morgan fingerprint density at radius 3 is 2.29 bits per heavy atom. The second kappa shape index (κ2) is 12.5. The first-order chi connectivity index (χ1) is 18.4. The highest BCUT2D eigenvalue weighted by molar-refractivity contribution is 7.89. The van der Waals surface area contributed by atoms with E-state index in [1.807, 2.05) is 60.7 Å². The molecule has 0 unspecified atom stereocenters. The third-order valence-electron chi connectivity index (χ3n) is 6.31. The lowest BCUT2D eigenvalue weighted by molar-refractivity contribution is -0.133. The standard InChI is InChI=1S/C29H30N2O6S/c1-36-28(32)27(19-22-9-4-2-5-10-22)24-14-16-26(17-15-24)38(34,35)31-18-8-13-25(31)20-30-29(33)37-21-23-11-6-3-7-12-23/h2-7,9-12,14-17,19,25H,8,13,18,20-21H2,1H3,(H,30,33)/b27-19-/t25-/m1/s1. The number of ether oxygens (including phenoxy) is 2. The van der Waals surface area contributed by atoms with Crippen molar-refractivity contribution < 1.29 is 27.5 Å². The molecule has 1 amide bonds. The maximum absolute atomic E-state index is 13.4. The van der Waals surface area contributed by atoms with Crippen LogP contribution in [-0.2, 0) is 30.9 Å². The number of amides is 1. The zero-order chi connectivity index (χ0) is 27.0. The minimum atomic E-state index is -3.81. The highest BCUT2D eigenvalue weighted by atomic mass is 32.2. The van der Waals surface area contributed by atoms with Crippen molar-refractivity contribution in [1.29, 1.82) is 0 Å². The highest BCUT2D eigenvalue weighted by Crippen LogP contribution is 2.28. The smallest absolute Gasteiger partial charge is 0.407 e. The van der Waals surface area contributed by atoms with E-state index in [1.54, 1.807) is 18.2 Å². The molecule has 1 aliphatic rings. The first-order valence-corrected chi connectivity index (χ1v) is 13.7. The summed E-state index contributed by atoms with van der Waals surface area (Å²) < 4.78 is 38.5. The van der Waals surface area contributed by atoms with Crippen LogP contribution in [0.15, 0.2) is 89.8 Å². The summed E-state index contributed by atoms with van der Waals surface area (Å²) >= 11 is 0. The minimum Gasteiger partial charge on any atom is -0.465 e. The Labute approximate surface area is 222 Å². The molecule has 1 heterocycles. The third-order valence-corrected chi connectivity index (χ3v) is 8.27. The number of benzene rings is 3. The van der Waals surface area contributed by atoms with Crippen LogP contribution >= 0.6 is 0 Å². The van der Waals surface area contributed by atoms with Crippen LogP contribution in [0.3, 0.4) is 0 Å². The average Bonchev–Trinajstić information content (AvgIpc) is 3.44. The van der Waals surface area contributed by atoms with Gasteiger partial charge in [0.15, 0.2) is 0 Å². The molecule has 9 heteroatoms. The first-order valence-electron chi connectivity index (χ1n) is 12.3. The normalized spacial score (nSPS) is 16.1. The van der Waals surface area contributed by atoms with E-state index in [1.165, 1.54) is 23.5 Å². The summed E-state index contributed by atoms with van der Waals surface area (Å²) in [5.74, 6) is -0.519. The predicted molar refractivity (Wildman–Crippen MR) is 144 cm³/mol. The molecule has 4 rings (SSSR count). The van der Waals surface area contributed by atoms with Gasteiger partial charge < -0.3 is 14.8 Å². The van der Waals surface area contributed by atoms with E-state index in [0.29, 0.717) is 30.5 Å². The van der Waals surface area contributed by atoms with E-state index in [0.717, 1.165) is 11.1 Å². The van der Waals surface area contributed by atoms with Gasteiger partial charge in [-0.3, -0.25) is 0 Å². The Morgan fingerprint density at radius 2 is 1.63 bits per heavy atom. The highest BCUT2D eigenvalue weighted by Gasteiger charge is 2.35. The molecule has 198 valence electrons. The Hall–Kier alpha value is -3.95. The maximum Gasteiger partial charge on any atom is 0.407 e. The predicted octanol–water partition coefficient (Wildman–Crippen LogP) is 4.48. The summed E-state index contributed by atoms with van der Waals surface area (Å²) in [6.45, 7) is 0.645. The van der Waals surface area contributed by atoms with Crippen LogP contribution in [0.5, 0.6) is 0 Å². The summed E-state index contributed by atoms with van der Waals surface area (Å²) in [5, 5.41) is 2.69. The number of methoxy groups -OCH3 is 1. The van der Waals surface area contributed by atoms with Crippen molar-refractivity contribution in [2.24, 2.45) is 0 Å². The number of hydrogen-bond acceptors (Lipinski definition) is 6. The van der Waals surface area contributed by atoms with Crippen LogP contribution < -0.4 is 5.32 Å². The summed E-state index contributed by atoms with van der Waals surface area (Å²) in [4.78, 5) is 24.7. The van der Waals surface area contributed by atoms with Gasteiger partial charge in [-0.15, -0.1) is 0 Å². The molecule has 1 fully saturated rings. The fourth-order valence-corrected chi connectivity index (χ4v) is 6.03. The monoisotopic (exact) mass is 534 g/mol. The van der Waals surface area contributed by atoms with Gasteiger partial charge in [0.1, 0.15) is 6.61 Å². The lowest BCUT2D eigenvalue weighted by atomic mass is 10.0. The molecule has 3 aromatic rings. The van der Waals surface area contributed by atoms with Gasteiger partial charge in [0.05, 0.1) is 17.6 Å². The Morgan fingerprint density at radius 1 is 0.974 bits per heavy atom. The lowest BCUT2D eigenvalue weighted by Gasteiger charge is -2.24. The van der Waals surface area contributed by atoms with Crippen molar-refractivity contribution in [1.82, 2.24) is 9.62 Å². The van der Waals surface area contributed by atoms with Gasteiger partial charge in [0.2, 0.25) is 10.0 Å². The number of esters is 1. The van der Waals surface area contributed by atoms with Crippen molar-refractivity contribution in [3.8, 4) is 0 Å². The van der Waals surface area contributed by atoms with Crippen molar-refractivity contribution in [3.63, 3.8) is 0 Å². The quantitative estimate of drug-likeness (QED) is 0.247. The molecule has 3 aromatic carbocycles. The van der Waals surface area contributed by atoms with Crippen LogP contribution in [-0.4, -0.2) is 51.0 Å². The molecule has 0 aromatic heterocycles. The molecule has 1 N–H and O–H groups in total. The molecule has 38 heavy (non-hydrogen) atoms. The number of carbonyl (C=O) groups excluding carboxylic acids is 2. The molecule has 0 bridgehead atoms. The fraction of sp³-hybridized carbons (Fsp3) is 0.241. The summed E-state index contributed by atoms with van der Waals surface area (Å²) in [6.07, 6.45) is 2.43. The van der Waals surface area contributed by atoms with E-state index in [2.05, 4.69) is 5.32 Å². The zero-order valence-electron chi connectivity index (χ0n) is 21.1. The van der Waals surface area contributed by atoms with Crippen molar-refractivity contribution in [3.05, 3.63) is 102 Å². The van der Waals surface area contributed by atoms with E-state index in [4.69, 9.17) is 9.47 Å². The molecule has 0 radical (unpaired) electrons. The fourth-order valence-electron chi connectivity index (χ4n) is 4.33. The number of carbonyl (C=O) groups is 2. The Bertz CT molecular complexity index is 1370. The first kappa shape index (κ1) is 27.1. The van der Waals surface area contributed by atoms with Gasteiger partial charge in [-0.2, -0.15) is 4.31 Å². The Balaban J connectivity index is 1.43. The Kier molecular flexibility index (Phi) is 8.93. The van der Waals surface area contributed by atoms with Crippen LogP contribution in [0.1, 0.15) is 29.5 Å². The van der Waals surface area contributed by atoms with E-state index in [-0.39, 0.29) is 24.1 Å². The zero-order valence-corrected chi connectivity index (χ0v) is 21.9. The molecular formula is C29H30N2O6S. The molecule has 0 spiro atoms. The number of hydrogen-bond donors (Lipinski definition) is 1. The van der Waals surface area contributed by atoms with Crippen molar-refractivity contribution in [2.45, 2.75) is 30.4 Å². The van der Waals surface area contributed by atoms with Gasteiger partial charge in [-0.05, 0) is 47.7 Å². The van der Waals surface area contributed by atoms with Gasteiger partial charge >= 0.3 is 12.1 Å². The minimum absolute atomic E-state index is 0.115. The summed E-state index contributed by atoms with van der Waals surface area (Å²) in [5.41, 5.74) is 2.55. The molecule has 1 saturated heterocycles. The molecule has 8 nitrogen and oxygen atoms in total. The number of alkyl carbamates (subject to hydrolysis) is 1. The molecule has 1 aliphatic heterocycles. The number of nitrogens with one attached hydrogen (secondary N) is 1. The third kappa shape index (κ3) is 6.67. The van der Waals surface area contributed by atoms with Gasteiger partial charge in [-0.25, -0.2) is 18.0 Å². The SMILES string of the molecule is COC(=O)/C(=C\c1ccccc1)c1ccc(S(=O)(=O)N2CCC[C@@H]2CNC(=O)OCc2ccccc2)cc1. The van der Waals surface area contributed by atoms with E-state index >= 15 is 0 Å². The lowest BCUT2D eigenvalue weighted by Crippen LogP contribution is -2.43. The largest absolute Gasteiger partial charge is 0.465 e. The van der Waals surface area contributed by atoms with Crippen molar-refractivity contribution >= 4 is 33.7 Å². The maximum atomic E-state index is 13.4. The number of rotatable bonds is 9. The molecule has 1 atom stereocenters. The molecule has 0 aliphatic carbocycles. The van der Waals surface area contributed by atoms with Crippen LogP contribution in [0.25, 0.3) is 11.6 Å². The van der Waals surface area contributed by atoms with E-state index < -0.39 is 22.1 Å². The summed E-state index contributed by atoms with van der Waals surface area (Å²) in [7, 11) is -2.51. The van der Waals surface area contributed by atoms with Gasteiger partial charge in [0, 0.05) is 19.1 Å². The van der Waals surface area contributed by atoms with Crippen molar-refractivity contribution in [2.75, 3.05) is 20.2 Å².